The highest BCUT2D eigenvalue weighted by molar-refractivity contribution is 5.79. The molecule has 0 bridgehead atoms. The first kappa shape index (κ1) is 17.3. The Labute approximate surface area is 149 Å². The van der Waals surface area contributed by atoms with E-state index in [-0.39, 0.29) is 12.6 Å². The topological polar surface area (TPSA) is 90.8 Å². The molecule has 2 heterocycles. The fourth-order valence-corrected chi connectivity index (χ4v) is 2.41. The van der Waals surface area contributed by atoms with Gasteiger partial charge in [0.15, 0.2) is 0 Å². The number of carbonyl (C=O) groups is 1. The molecule has 0 radical (unpaired) electrons. The summed E-state index contributed by atoms with van der Waals surface area (Å²) in [5, 5.41) is 6.30. The predicted octanol–water partition coefficient (Wildman–Crippen LogP) is 1.97. The highest BCUT2D eigenvalue weighted by Gasteiger charge is 2.10. The molecule has 0 saturated heterocycles. The van der Waals surface area contributed by atoms with Crippen molar-refractivity contribution in [3.05, 3.63) is 64.9 Å². The Bertz CT molecular complexity index is 979. The van der Waals surface area contributed by atoms with E-state index >= 15 is 0 Å². The molecule has 0 unspecified atom stereocenters. The highest BCUT2D eigenvalue weighted by Crippen LogP contribution is 2.19. The Morgan fingerprint density at radius 3 is 2.73 bits per heavy atom. The van der Waals surface area contributed by atoms with Crippen molar-refractivity contribution in [1.82, 2.24) is 14.6 Å². The summed E-state index contributed by atoms with van der Waals surface area (Å²) in [7, 11) is 1.49. The maximum Gasteiger partial charge on any atom is 0.365 e. The number of nitrogens with one attached hydrogen (secondary N) is 1. The first-order valence-corrected chi connectivity index (χ1v) is 7.87. The molecule has 134 valence electrons. The van der Waals surface area contributed by atoms with Crippen LogP contribution in [-0.4, -0.2) is 28.5 Å². The van der Waals surface area contributed by atoms with Gasteiger partial charge in [0.05, 0.1) is 18.0 Å². The average Bonchev–Trinajstić information content (AvgIpc) is 3.25. The maximum absolute atomic E-state index is 12.0. The summed E-state index contributed by atoms with van der Waals surface area (Å²) in [6, 6.07) is 9.39. The highest BCUT2D eigenvalue weighted by atomic mass is 16.6. The molecule has 2 aromatic heterocycles. The van der Waals surface area contributed by atoms with Crippen LogP contribution in [0.2, 0.25) is 0 Å². The van der Waals surface area contributed by atoms with E-state index in [1.807, 2.05) is 47.3 Å². The van der Waals surface area contributed by atoms with Crippen LogP contribution in [0.1, 0.15) is 12.5 Å². The molecule has 0 spiro atoms. The van der Waals surface area contributed by atoms with Gasteiger partial charge in [0, 0.05) is 30.6 Å². The third kappa shape index (κ3) is 3.92. The van der Waals surface area contributed by atoms with Crippen LogP contribution in [0, 0.1) is 0 Å². The van der Waals surface area contributed by atoms with E-state index < -0.39 is 5.63 Å². The summed E-state index contributed by atoms with van der Waals surface area (Å²) in [5.74, 6) is -0.200. The fourth-order valence-electron chi connectivity index (χ4n) is 2.41. The van der Waals surface area contributed by atoms with Crippen molar-refractivity contribution in [3.63, 3.8) is 0 Å². The molecule has 8 heteroatoms. The predicted molar refractivity (Wildman–Crippen MR) is 96.2 cm³/mol. The van der Waals surface area contributed by atoms with Gasteiger partial charge in [0.2, 0.25) is 5.91 Å². The molecule has 1 aromatic carbocycles. The minimum absolute atomic E-state index is 0.109. The molecule has 0 aliphatic rings. The fraction of sp³-hybridized carbons (Fsp3) is 0.167. The maximum atomic E-state index is 12.0. The Morgan fingerprint density at radius 2 is 2.04 bits per heavy atom. The van der Waals surface area contributed by atoms with Gasteiger partial charge in [-0.1, -0.05) is 17.3 Å². The number of hydrogen-bond donors (Lipinski definition) is 1. The molecular formula is C18H18N4O4. The lowest BCUT2D eigenvalue weighted by atomic mass is 10.1. The van der Waals surface area contributed by atoms with Crippen LogP contribution in [0.25, 0.3) is 16.8 Å². The zero-order valence-electron chi connectivity index (χ0n) is 14.4. The van der Waals surface area contributed by atoms with Crippen molar-refractivity contribution in [2.75, 3.05) is 7.11 Å². The number of amides is 1. The summed E-state index contributed by atoms with van der Waals surface area (Å²) in [6.07, 6.45) is 7.01. The molecule has 0 fully saturated rings. The summed E-state index contributed by atoms with van der Waals surface area (Å²) >= 11 is 0. The number of nitrogens with zero attached hydrogens (tertiary/aromatic N) is 3. The molecule has 1 N–H and O–H groups in total. The van der Waals surface area contributed by atoms with E-state index in [1.54, 1.807) is 12.4 Å². The number of carbonyl (C=O) groups excluding carboxylic acids is 1. The van der Waals surface area contributed by atoms with Gasteiger partial charge >= 0.3 is 5.63 Å². The second kappa shape index (κ2) is 7.56. The Balaban J connectivity index is 1.79. The summed E-state index contributed by atoms with van der Waals surface area (Å²) < 4.78 is 8.32. The summed E-state index contributed by atoms with van der Waals surface area (Å²) in [4.78, 5) is 27.6. The summed E-state index contributed by atoms with van der Waals surface area (Å²) in [5.41, 5.74) is 2.56. The van der Waals surface area contributed by atoms with Crippen LogP contribution in [0.5, 0.6) is 0 Å². The number of hydrogen-bond acceptors (Lipinski definition) is 5. The lowest BCUT2D eigenvalue weighted by molar-refractivity contribution is -0.119. The summed E-state index contributed by atoms with van der Waals surface area (Å²) in [6.45, 7) is 1.51. The normalized spacial score (nSPS) is 11.0. The second-order valence-electron chi connectivity index (χ2n) is 5.55. The minimum atomic E-state index is -0.456. The number of benzene rings is 1. The zero-order chi connectivity index (χ0) is 18.5. The van der Waals surface area contributed by atoms with Gasteiger partial charge < -0.3 is 19.2 Å². The van der Waals surface area contributed by atoms with Crippen LogP contribution in [0.3, 0.4) is 0 Å². The third-order valence-corrected chi connectivity index (χ3v) is 3.68. The van der Waals surface area contributed by atoms with E-state index in [2.05, 4.69) is 15.3 Å². The molecule has 1 amide bonds. The first-order valence-electron chi connectivity index (χ1n) is 7.87. The third-order valence-electron chi connectivity index (χ3n) is 3.68. The van der Waals surface area contributed by atoms with Crippen molar-refractivity contribution in [2.45, 2.75) is 13.6 Å². The van der Waals surface area contributed by atoms with Gasteiger partial charge in [-0.25, -0.2) is 4.79 Å². The molecule has 0 aliphatic heterocycles. The van der Waals surface area contributed by atoms with Crippen LogP contribution >= 0.6 is 0 Å². The van der Waals surface area contributed by atoms with Gasteiger partial charge in [-0.3, -0.25) is 4.79 Å². The van der Waals surface area contributed by atoms with Crippen LogP contribution < -0.4 is 10.9 Å². The quantitative estimate of drug-likeness (QED) is 0.541. The van der Waals surface area contributed by atoms with Gasteiger partial charge in [-0.05, 0) is 23.8 Å². The number of aromatic nitrogens is 2. The molecule has 3 aromatic rings. The van der Waals surface area contributed by atoms with E-state index in [0.29, 0.717) is 5.56 Å². The van der Waals surface area contributed by atoms with Crippen molar-refractivity contribution in [1.29, 1.82) is 0 Å². The van der Waals surface area contributed by atoms with E-state index in [9.17, 15) is 9.59 Å². The lowest BCUT2D eigenvalue weighted by Crippen LogP contribution is -2.22. The number of rotatable bonds is 6. The molecule has 0 atom stereocenters. The van der Waals surface area contributed by atoms with Gasteiger partial charge in [-0.2, -0.15) is 4.74 Å². The molecule has 0 aliphatic carbocycles. The van der Waals surface area contributed by atoms with Gasteiger partial charge in [0.25, 0.3) is 0 Å². The Hall–Kier alpha value is -3.55. The van der Waals surface area contributed by atoms with E-state index in [1.165, 1.54) is 18.8 Å². The van der Waals surface area contributed by atoms with Crippen LogP contribution in [-0.2, 0) is 16.3 Å². The van der Waals surface area contributed by atoms with Crippen molar-refractivity contribution in [2.24, 2.45) is 5.16 Å². The van der Waals surface area contributed by atoms with Gasteiger partial charge in [0.1, 0.15) is 13.8 Å². The van der Waals surface area contributed by atoms with Crippen LogP contribution in [0.4, 0.5) is 0 Å². The van der Waals surface area contributed by atoms with Crippen molar-refractivity contribution in [3.8, 4) is 16.8 Å². The second-order valence-corrected chi connectivity index (χ2v) is 5.55. The Morgan fingerprint density at radius 1 is 1.27 bits per heavy atom. The van der Waals surface area contributed by atoms with E-state index in [0.717, 1.165) is 16.8 Å². The SMILES string of the molecule is CO/N=C/c1ccn(-c2ccc(-c3cn(CNC(C)=O)oc3=O)cc2)c1. The monoisotopic (exact) mass is 354 g/mol. The molecule has 3 rings (SSSR count). The zero-order valence-corrected chi connectivity index (χ0v) is 14.4. The van der Waals surface area contributed by atoms with Gasteiger partial charge in [-0.15, -0.1) is 0 Å². The smallest absolute Gasteiger partial charge is 0.365 e. The molecule has 8 nitrogen and oxygen atoms in total. The largest absolute Gasteiger partial charge is 0.399 e. The molecule has 0 saturated carbocycles. The average molecular weight is 354 g/mol. The van der Waals surface area contributed by atoms with Crippen LogP contribution in [0.15, 0.2) is 63.4 Å². The van der Waals surface area contributed by atoms with Crippen molar-refractivity contribution < 1.29 is 14.2 Å². The Kier molecular flexibility index (Phi) is 5.02. The molecule has 26 heavy (non-hydrogen) atoms. The van der Waals surface area contributed by atoms with E-state index in [4.69, 9.17) is 4.52 Å². The standard InChI is InChI=1S/C18H18N4O4/c1-13(23)19-12-22-11-17(18(24)26-22)15-3-5-16(6-4-15)21-8-7-14(10-21)9-20-25-2/h3-11H,12H2,1-2H3,(H,19,23)/b20-9+. The lowest BCUT2D eigenvalue weighted by Gasteiger charge is -2.03. The first-order chi connectivity index (χ1) is 12.6. The number of oxime groups is 1. The minimum Gasteiger partial charge on any atom is -0.399 e. The van der Waals surface area contributed by atoms with Crippen molar-refractivity contribution >= 4 is 12.1 Å². The molecular weight excluding hydrogens is 336 g/mol.